The number of hydrogen-bond acceptors (Lipinski definition) is 5. The minimum atomic E-state index is -0.447. The second kappa shape index (κ2) is 13.6. The molecule has 10 aromatic rings. The molecule has 0 aliphatic carbocycles. The zero-order chi connectivity index (χ0) is 37.7. The summed E-state index contributed by atoms with van der Waals surface area (Å²) in [6.45, 7) is 0. The van der Waals surface area contributed by atoms with Crippen LogP contribution in [0.4, 0.5) is 17.1 Å². The molecule has 57 heavy (non-hydrogen) atoms. The van der Waals surface area contributed by atoms with E-state index >= 15 is 0 Å². The highest BCUT2D eigenvalue weighted by molar-refractivity contribution is 6.17. The SMILES string of the molecule is c1ccc(C2=NC(c3cc(N(c4ccccc4)c4ccccc4)cc(-n4c5ccccc5c5cc6oc7ccccc7c6cc54)c3)NC(c3ccccc3)=N2)cc1. The lowest BCUT2D eigenvalue weighted by molar-refractivity contribution is 0.669. The van der Waals surface area contributed by atoms with E-state index in [0.29, 0.717) is 5.84 Å². The highest BCUT2D eigenvalue weighted by atomic mass is 16.3. The van der Waals surface area contributed by atoms with E-state index in [0.717, 1.165) is 89.0 Å². The van der Waals surface area contributed by atoms with Crippen LogP contribution < -0.4 is 10.2 Å². The average Bonchev–Trinajstić information content (AvgIpc) is 3.81. The number of aliphatic imine (C=N–C) groups is 2. The number of furan rings is 1. The number of anilines is 3. The Kier molecular flexibility index (Phi) is 7.78. The molecule has 1 unspecified atom stereocenters. The number of benzene rings is 8. The normalized spacial score (nSPS) is 14.1. The summed E-state index contributed by atoms with van der Waals surface area (Å²) in [7, 11) is 0. The highest BCUT2D eigenvalue weighted by Gasteiger charge is 2.25. The van der Waals surface area contributed by atoms with Gasteiger partial charge in [-0.15, -0.1) is 0 Å². The van der Waals surface area contributed by atoms with Crippen molar-refractivity contribution in [2.24, 2.45) is 9.98 Å². The summed E-state index contributed by atoms with van der Waals surface area (Å²) < 4.78 is 8.81. The number of hydrogen-bond donors (Lipinski definition) is 1. The molecule has 1 N–H and O–H groups in total. The van der Waals surface area contributed by atoms with Crippen molar-refractivity contribution >= 4 is 72.5 Å². The molecule has 3 heterocycles. The lowest BCUT2D eigenvalue weighted by Gasteiger charge is -2.29. The van der Waals surface area contributed by atoms with Crippen molar-refractivity contribution in [3.05, 3.63) is 217 Å². The van der Waals surface area contributed by atoms with Gasteiger partial charge in [-0.05, 0) is 66.7 Å². The van der Waals surface area contributed by atoms with Gasteiger partial charge >= 0.3 is 0 Å². The summed E-state index contributed by atoms with van der Waals surface area (Å²) in [6, 6.07) is 69.9. The third-order valence-electron chi connectivity index (χ3n) is 10.8. The zero-order valence-corrected chi connectivity index (χ0v) is 30.8. The predicted octanol–water partition coefficient (Wildman–Crippen LogP) is 12.6. The Morgan fingerprint density at radius 3 is 1.81 bits per heavy atom. The summed E-state index contributed by atoms with van der Waals surface area (Å²) in [5, 5.41) is 8.21. The number of nitrogens with zero attached hydrogens (tertiary/aromatic N) is 4. The number of fused-ring (bicyclic) bond motifs is 6. The summed E-state index contributed by atoms with van der Waals surface area (Å²) in [5.74, 6) is 1.45. The van der Waals surface area contributed by atoms with E-state index in [9.17, 15) is 0 Å². The largest absolute Gasteiger partial charge is 0.456 e. The Hall–Kier alpha value is -7.70. The molecule has 2 aromatic heterocycles. The summed E-state index contributed by atoms with van der Waals surface area (Å²) >= 11 is 0. The molecule has 8 aromatic carbocycles. The van der Waals surface area contributed by atoms with Crippen LogP contribution in [0.2, 0.25) is 0 Å². The third kappa shape index (κ3) is 5.74. The van der Waals surface area contributed by atoms with Crippen LogP contribution in [-0.2, 0) is 0 Å². The Morgan fingerprint density at radius 2 is 1.09 bits per heavy atom. The molecule has 0 saturated carbocycles. The molecule has 0 saturated heterocycles. The molecule has 6 heteroatoms. The minimum absolute atomic E-state index is 0.447. The fraction of sp³-hybridized carbons (Fsp3) is 0.0196. The van der Waals surface area contributed by atoms with Crippen LogP contribution in [0.15, 0.2) is 215 Å². The maximum Gasteiger partial charge on any atom is 0.159 e. The highest BCUT2D eigenvalue weighted by Crippen LogP contribution is 2.42. The van der Waals surface area contributed by atoms with Gasteiger partial charge in [0.05, 0.1) is 11.0 Å². The van der Waals surface area contributed by atoms with Crippen LogP contribution >= 0.6 is 0 Å². The van der Waals surface area contributed by atoms with Crippen LogP contribution in [0.25, 0.3) is 49.4 Å². The van der Waals surface area contributed by atoms with Gasteiger partial charge in [-0.2, -0.15) is 0 Å². The van der Waals surface area contributed by atoms with Crippen molar-refractivity contribution in [1.29, 1.82) is 0 Å². The van der Waals surface area contributed by atoms with E-state index in [1.165, 1.54) is 0 Å². The topological polar surface area (TPSA) is 58.1 Å². The molecular weight excluding hydrogens is 699 g/mol. The van der Waals surface area contributed by atoms with Crippen molar-refractivity contribution in [3.8, 4) is 5.69 Å². The van der Waals surface area contributed by atoms with E-state index < -0.39 is 6.17 Å². The molecule has 1 aliphatic rings. The van der Waals surface area contributed by atoms with Crippen molar-refractivity contribution in [2.75, 3.05) is 4.90 Å². The first-order valence-electron chi connectivity index (χ1n) is 19.2. The molecule has 270 valence electrons. The fourth-order valence-electron chi connectivity index (χ4n) is 8.18. The second-order valence-electron chi connectivity index (χ2n) is 14.3. The number of amidine groups is 2. The summed E-state index contributed by atoms with van der Waals surface area (Å²) in [4.78, 5) is 12.7. The first-order valence-corrected chi connectivity index (χ1v) is 19.2. The first kappa shape index (κ1) is 32.7. The van der Waals surface area contributed by atoms with Gasteiger partial charge in [0.2, 0.25) is 0 Å². The minimum Gasteiger partial charge on any atom is -0.456 e. The molecule has 11 rings (SSSR count). The van der Waals surface area contributed by atoms with Gasteiger partial charge in [0.1, 0.15) is 23.2 Å². The fourth-order valence-corrected chi connectivity index (χ4v) is 8.18. The van der Waals surface area contributed by atoms with Crippen molar-refractivity contribution in [1.82, 2.24) is 9.88 Å². The maximum absolute atomic E-state index is 6.41. The third-order valence-corrected chi connectivity index (χ3v) is 10.8. The Balaban J connectivity index is 1.19. The second-order valence-corrected chi connectivity index (χ2v) is 14.3. The van der Waals surface area contributed by atoms with Gasteiger partial charge in [-0.3, -0.25) is 0 Å². The molecule has 0 spiro atoms. The smallest absolute Gasteiger partial charge is 0.159 e. The number of rotatable bonds is 7. The van der Waals surface area contributed by atoms with E-state index in [1.807, 2.05) is 48.5 Å². The number of nitrogens with one attached hydrogen (secondary N) is 1. The predicted molar refractivity (Wildman–Crippen MR) is 235 cm³/mol. The lowest BCUT2D eigenvalue weighted by Crippen LogP contribution is -2.33. The molecule has 1 aliphatic heterocycles. The van der Waals surface area contributed by atoms with E-state index in [-0.39, 0.29) is 0 Å². The summed E-state index contributed by atoms with van der Waals surface area (Å²) in [6.07, 6.45) is -0.447. The van der Waals surface area contributed by atoms with Crippen LogP contribution in [0, 0.1) is 0 Å². The number of para-hydroxylation sites is 4. The quantitative estimate of drug-likeness (QED) is 0.177. The van der Waals surface area contributed by atoms with Crippen LogP contribution in [-0.4, -0.2) is 16.2 Å². The monoisotopic (exact) mass is 733 g/mol. The van der Waals surface area contributed by atoms with Crippen molar-refractivity contribution in [2.45, 2.75) is 6.17 Å². The van der Waals surface area contributed by atoms with E-state index in [2.05, 4.69) is 166 Å². The molecule has 6 nitrogen and oxygen atoms in total. The Morgan fingerprint density at radius 1 is 0.474 bits per heavy atom. The molecule has 0 radical (unpaired) electrons. The number of aromatic nitrogens is 1. The van der Waals surface area contributed by atoms with Crippen LogP contribution in [0.3, 0.4) is 0 Å². The van der Waals surface area contributed by atoms with E-state index in [4.69, 9.17) is 14.4 Å². The Labute approximate surface area is 329 Å². The van der Waals surface area contributed by atoms with Crippen molar-refractivity contribution in [3.63, 3.8) is 0 Å². The van der Waals surface area contributed by atoms with Gasteiger partial charge in [0.15, 0.2) is 5.84 Å². The molecular formula is C51H35N5O. The van der Waals surface area contributed by atoms with Gasteiger partial charge in [-0.1, -0.05) is 133 Å². The molecule has 0 bridgehead atoms. The van der Waals surface area contributed by atoms with Gasteiger partial charge < -0.3 is 19.2 Å². The summed E-state index contributed by atoms with van der Waals surface area (Å²) in [5.41, 5.74) is 11.0. The molecule has 1 atom stereocenters. The molecule has 0 fully saturated rings. The Bertz CT molecular complexity index is 3110. The van der Waals surface area contributed by atoms with Gasteiger partial charge in [0.25, 0.3) is 0 Å². The van der Waals surface area contributed by atoms with Gasteiger partial charge in [-0.25, -0.2) is 9.98 Å². The zero-order valence-electron chi connectivity index (χ0n) is 30.8. The van der Waals surface area contributed by atoms with E-state index in [1.54, 1.807) is 0 Å². The average molecular weight is 734 g/mol. The molecule has 0 amide bonds. The van der Waals surface area contributed by atoms with Crippen LogP contribution in [0.1, 0.15) is 22.9 Å². The lowest BCUT2D eigenvalue weighted by atomic mass is 10.1. The maximum atomic E-state index is 6.41. The van der Waals surface area contributed by atoms with Gasteiger partial charge in [0, 0.05) is 61.0 Å². The van der Waals surface area contributed by atoms with Crippen molar-refractivity contribution < 1.29 is 4.42 Å². The first-order chi connectivity index (χ1) is 28.2. The standard InChI is InChI=1S/C51H35N5O/c1-5-17-34(18-6-1)49-52-50(35-19-7-2-8-20-35)54-51(53-49)36-29-39(55(37-21-9-3-10-22-37)38-23-11-4-12-24-38)31-40(30-36)56-45-27-15-13-25-41(45)43-33-48-44(32-46(43)56)42-26-14-16-28-47(42)57-48/h1-33,51H,(H,52,53,54). The van der Waals surface area contributed by atoms with Crippen LogP contribution in [0.5, 0.6) is 0 Å².